The largest absolute Gasteiger partial charge is 0.335 e. The number of piperazine rings is 1. The molecule has 14 heavy (non-hydrogen) atoms. The first-order valence-corrected chi connectivity index (χ1v) is 5.19. The Morgan fingerprint density at radius 3 is 1.29 bits per heavy atom. The minimum absolute atomic E-state index is 0.826. The second-order valence-corrected chi connectivity index (χ2v) is 4.97. The number of hydrogen-bond acceptors (Lipinski definition) is 2. The molecule has 1 heterocycles. The molecule has 0 aromatic heterocycles. The topological polar surface area (TPSA) is 18.5 Å². The summed E-state index contributed by atoms with van der Waals surface area (Å²) in [6, 6.07) is 0. The number of quaternary nitrogens is 2. The Labute approximate surface area is 87.2 Å². The molecule has 4 nitrogen and oxygen atoms in total. The number of rotatable bonds is 4. The van der Waals surface area contributed by atoms with Crippen LogP contribution in [0.4, 0.5) is 0 Å². The third-order valence-corrected chi connectivity index (χ3v) is 3.24. The SMILES string of the molecule is COC[N+]1(C)CC[N+](C)(COC)CC1. The zero-order chi connectivity index (χ0) is 10.7. The summed E-state index contributed by atoms with van der Waals surface area (Å²) in [5.41, 5.74) is 0. The minimum atomic E-state index is 0.826. The van der Waals surface area contributed by atoms with E-state index in [1.165, 1.54) is 26.2 Å². The van der Waals surface area contributed by atoms with Crippen LogP contribution in [0.25, 0.3) is 0 Å². The van der Waals surface area contributed by atoms with Gasteiger partial charge in [0.2, 0.25) is 0 Å². The van der Waals surface area contributed by atoms with Crippen LogP contribution in [0.1, 0.15) is 0 Å². The Morgan fingerprint density at radius 1 is 0.786 bits per heavy atom. The van der Waals surface area contributed by atoms with Gasteiger partial charge in [-0.3, -0.25) is 8.97 Å². The quantitative estimate of drug-likeness (QED) is 0.605. The summed E-state index contributed by atoms with van der Waals surface area (Å²) >= 11 is 0. The molecule has 4 heteroatoms. The second-order valence-electron chi connectivity index (χ2n) is 4.97. The predicted molar refractivity (Wildman–Crippen MR) is 55.6 cm³/mol. The molecule has 0 amide bonds. The molecular formula is C10H24N2O2+2. The van der Waals surface area contributed by atoms with E-state index in [0.29, 0.717) is 0 Å². The lowest BCUT2D eigenvalue weighted by molar-refractivity contribution is -1.03. The van der Waals surface area contributed by atoms with Crippen molar-refractivity contribution in [2.24, 2.45) is 0 Å². The molecular weight excluding hydrogens is 180 g/mol. The summed E-state index contributed by atoms with van der Waals surface area (Å²) in [5.74, 6) is 0. The third kappa shape index (κ3) is 2.92. The summed E-state index contributed by atoms with van der Waals surface area (Å²) in [6.07, 6.45) is 0. The maximum Gasteiger partial charge on any atom is 0.182 e. The van der Waals surface area contributed by atoms with Crippen molar-refractivity contribution in [3.8, 4) is 0 Å². The Hall–Kier alpha value is -0.160. The molecule has 0 aliphatic carbocycles. The minimum Gasteiger partial charge on any atom is -0.335 e. The van der Waals surface area contributed by atoms with Gasteiger partial charge >= 0.3 is 0 Å². The zero-order valence-electron chi connectivity index (χ0n) is 9.95. The summed E-state index contributed by atoms with van der Waals surface area (Å²) < 4.78 is 12.6. The van der Waals surface area contributed by atoms with Crippen molar-refractivity contribution in [3.63, 3.8) is 0 Å². The van der Waals surface area contributed by atoms with Crippen LogP contribution in [-0.4, -0.2) is 76.9 Å². The number of ether oxygens (including phenoxy) is 2. The maximum atomic E-state index is 5.25. The molecule has 1 aliphatic rings. The lowest BCUT2D eigenvalue weighted by Gasteiger charge is -2.45. The van der Waals surface area contributed by atoms with Crippen LogP contribution >= 0.6 is 0 Å². The van der Waals surface area contributed by atoms with E-state index in [1.807, 2.05) is 0 Å². The molecule has 0 aromatic rings. The van der Waals surface area contributed by atoms with Crippen LogP contribution in [0.2, 0.25) is 0 Å². The Kier molecular flexibility index (Phi) is 3.89. The Balaban J connectivity index is 2.44. The maximum absolute atomic E-state index is 5.25. The molecule has 0 unspecified atom stereocenters. The predicted octanol–water partition coefficient (Wildman–Crippen LogP) is 0.101. The average molecular weight is 204 g/mol. The van der Waals surface area contributed by atoms with Crippen molar-refractivity contribution in [3.05, 3.63) is 0 Å². The molecule has 0 aromatic carbocycles. The zero-order valence-corrected chi connectivity index (χ0v) is 9.95. The van der Waals surface area contributed by atoms with Crippen molar-refractivity contribution < 1.29 is 18.4 Å². The first-order valence-electron chi connectivity index (χ1n) is 5.19. The fourth-order valence-corrected chi connectivity index (χ4v) is 2.07. The van der Waals surface area contributed by atoms with Gasteiger partial charge in [-0.25, -0.2) is 0 Å². The van der Waals surface area contributed by atoms with Crippen molar-refractivity contribution in [2.75, 3.05) is 68.0 Å². The van der Waals surface area contributed by atoms with Crippen molar-refractivity contribution in [1.29, 1.82) is 0 Å². The lowest BCUT2D eigenvalue weighted by atomic mass is 10.2. The van der Waals surface area contributed by atoms with E-state index in [9.17, 15) is 0 Å². The lowest BCUT2D eigenvalue weighted by Crippen LogP contribution is -2.64. The molecule has 0 N–H and O–H groups in total. The van der Waals surface area contributed by atoms with Gasteiger partial charge in [0.15, 0.2) is 13.5 Å². The van der Waals surface area contributed by atoms with E-state index < -0.39 is 0 Å². The molecule has 0 atom stereocenters. The molecule has 84 valence electrons. The van der Waals surface area contributed by atoms with E-state index >= 15 is 0 Å². The van der Waals surface area contributed by atoms with Gasteiger partial charge in [0.05, 0.1) is 14.1 Å². The standard InChI is InChI=1S/C10H24N2O2/c1-11(9-13-3)5-7-12(2,8-6-11)10-14-4/h5-10H2,1-4H3/q+2. The van der Waals surface area contributed by atoms with Crippen LogP contribution in [0.15, 0.2) is 0 Å². The summed E-state index contributed by atoms with van der Waals surface area (Å²) in [5, 5.41) is 0. The third-order valence-electron chi connectivity index (χ3n) is 3.24. The number of nitrogens with zero attached hydrogens (tertiary/aromatic N) is 2. The first-order chi connectivity index (χ1) is 6.54. The highest BCUT2D eigenvalue weighted by atomic mass is 16.5. The fourth-order valence-electron chi connectivity index (χ4n) is 2.07. The number of methoxy groups -OCH3 is 2. The van der Waals surface area contributed by atoms with Gasteiger partial charge in [0.25, 0.3) is 0 Å². The van der Waals surface area contributed by atoms with E-state index in [0.717, 1.165) is 22.4 Å². The summed E-state index contributed by atoms with van der Waals surface area (Å²) in [6.45, 7) is 6.35. The van der Waals surface area contributed by atoms with Gasteiger partial charge in [-0.05, 0) is 0 Å². The van der Waals surface area contributed by atoms with E-state index in [1.54, 1.807) is 14.2 Å². The molecule has 1 fully saturated rings. The van der Waals surface area contributed by atoms with Gasteiger partial charge in [-0.15, -0.1) is 0 Å². The van der Waals surface area contributed by atoms with Gasteiger partial charge in [-0.1, -0.05) is 0 Å². The van der Waals surface area contributed by atoms with Crippen molar-refractivity contribution in [2.45, 2.75) is 0 Å². The summed E-state index contributed by atoms with van der Waals surface area (Å²) in [7, 11) is 8.09. The van der Waals surface area contributed by atoms with Gasteiger partial charge in [0.1, 0.15) is 26.2 Å². The molecule has 0 bridgehead atoms. The monoisotopic (exact) mass is 204 g/mol. The van der Waals surface area contributed by atoms with Gasteiger partial charge in [0, 0.05) is 14.2 Å². The van der Waals surface area contributed by atoms with Crippen LogP contribution in [-0.2, 0) is 9.47 Å². The molecule has 1 saturated heterocycles. The number of hydrogen-bond donors (Lipinski definition) is 0. The average Bonchev–Trinajstić information content (AvgIpc) is 2.13. The van der Waals surface area contributed by atoms with Crippen LogP contribution < -0.4 is 0 Å². The van der Waals surface area contributed by atoms with Crippen molar-refractivity contribution >= 4 is 0 Å². The first kappa shape index (κ1) is 11.9. The Morgan fingerprint density at radius 2 is 1.07 bits per heavy atom. The number of likely N-dealkylation sites (N-methyl/N-ethyl adjacent to an activating group) is 2. The van der Waals surface area contributed by atoms with Crippen LogP contribution in [0.3, 0.4) is 0 Å². The highest BCUT2D eigenvalue weighted by Gasteiger charge is 2.36. The highest BCUT2D eigenvalue weighted by Crippen LogP contribution is 2.15. The molecule has 0 saturated carbocycles. The highest BCUT2D eigenvalue weighted by molar-refractivity contribution is 4.46. The van der Waals surface area contributed by atoms with E-state index in [2.05, 4.69) is 14.1 Å². The van der Waals surface area contributed by atoms with Gasteiger partial charge in [-0.2, -0.15) is 0 Å². The van der Waals surface area contributed by atoms with Crippen LogP contribution in [0.5, 0.6) is 0 Å². The summed E-state index contributed by atoms with van der Waals surface area (Å²) in [4.78, 5) is 0. The van der Waals surface area contributed by atoms with Crippen LogP contribution in [0, 0.1) is 0 Å². The van der Waals surface area contributed by atoms with Crippen molar-refractivity contribution in [1.82, 2.24) is 0 Å². The Bertz CT molecular complexity index is 157. The molecule has 1 rings (SSSR count). The second kappa shape index (κ2) is 4.57. The molecule has 0 radical (unpaired) electrons. The van der Waals surface area contributed by atoms with E-state index in [-0.39, 0.29) is 0 Å². The smallest absolute Gasteiger partial charge is 0.182 e. The van der Waals surface area contributed by atoms with E-state index in [4.69, 9.17) is 9.47 Å². The molecule has 1 aliphatic heterocycles. The molecule has 0 spiro atoms. The fraction of sp³-hybridized carbons (Fsp3) is 1.00. The normalized spacial score (nSPS) is 38.6. The van der Waals surface area contributed by atoms with Gasteiger partial charge < -0.3 is 9.47 Å².